The van der Waals surface area contributed by atoms with E-state index in [9.17, 15) is 9.59 Å². The number of hydrogen-bond acceptors (Lipinski definition) is 4. The molecule has 108 valence electrons. The standard InChI is InChI=1S/C15H25NO3/c1-4-9-15(13(3)17,14(18)19-5-2)12-16-10-7-6-8-11-16/h4H,1,5-12H2,2-3H3. The van der Waals surface area contributed by atoms with Crippen molar-refractivity contribution in [1.82, 2.24) is 4.90 Å². The molecule has 0 aromatic heterocycles. The summed E-state index contributed by atoms with van der Waals surface area (Å²) >= 11 is 0. The molecule has 0 N–H and O–H groups in total. The van der Waals surface area contributed by atoms with E-state index in [1.54, 1.807) is 13.0 Å². The normalized spacial score (nSPS) is 19.5. The molecule has 4 heteroatoms. The van der Waals surface area contributed by atoms with Gasteiger partial charge in [-0.3, -0.25) is 9.59 Å². The van der Waals surface area contributed by atoms with Crippen LogP contribution in [0.2, 0.25) is 0 Å². The van der Waals surface area contributed by atoms with Crippen LogP contribution in [0, 0.1) is 5.41 Å². The second-order valence-corrected chi connectivity index (χ2v) is 5.19. The summed E-state index contributed by atoms with van der Waals surface area (Å²) in [7, 11) is 0. The number of allylic oxidation sites excluding steroid dienone is 1. The van der Waals surface area contributed by atoms with Crippen LogP contribution in [0.15, 0.2) is 12.7 Å². The van der Waals surface area contributed by atoms with Crippen LogP contribution in [0.4, 0.5) is 0 Å². The SMILES string of the molecule is C=CCC(CN1CCCCC1)(C(C)=O)C(=O)OCC. The van der Waals surface area contributed by atoms with Crippen molar-refractivity contribution in [2.75, 3.05) is 26.2 Å². The van der Waals surface area contributed by atoms with Crippen molar-refractivity contribution >= 4 is 11.8 Å². The van der Waals surface area contributed by atoms with Gasteiger partial charge >= 0.3 is 5.97 Å². The van der Waals surface area contributed by atoms with Crippen molar-refractivity contribution in [3.8, 4) is 0 Å². The first-order valence-electron chi connectivity index (χ1n) is 7.08. The highest BCUT2D eigenvalue weighted by Gasteiger charge is 2.45. The van der Waals surface area contributed by atoms with E-state index in [2.05, 4.69) is 11.5 Å². The molecule has 1 saturated heterocycles. The zero-order valence-corrected chi connectivity index (χ0v) is 12.1. The van der Waals surface area contributed by atoms with Gasteiger partial charge in [0.2, 0.25) is 0 Å². The summed E-state index contributed by atoms with van der Waals surface area (Å²) in [5.41, 5.74) is -1.07. The minimum atomic E-state index is -1.07. The van der Waals surface area contributed by atoms with Gasteiger partial charge in [0.15, 0.2) is 0 Å². The van der Waals surface area contributed by atoms with Crippen molar-refractivity contribution in [2.24, 2.45) is 5.41 Å². The number of rotatable bonds is 7. The molecule has 1 atom stereocenters. The molecule has 1 fully saturated rings. The molecule has 1 unspecified atom stereocenters. The Labute approximate surface area is 115 Å². The summed E-state index contributed by atoms with van der Waals surface area (Å²) < 4.78 is 5.13. The molecule has 1 aliphatic heterocycles. The number of ketones is 1. The third-order valence-corrected chi connectivity index (χ3v) is 3.78. The van der Waals surface area contributed by atoms with Crippen LogP contribution in [0.5, 0.6) is 0 Å². The van der Waals surface area contributed by atoms with Gasteiger partial charge in [-0.05, 0) is 46.2 Å². The van der Waals surface area contributed by atoms with Gasteiger partial charge in [0, 0.05) is 6.54 Å². The summed E-state index contributed by atoms with van der Waals surface area (Å²) in [6, 6.07) is 0. The molecule has 1 aliphatic rings. The van der Waals surface area contributed by atoms with E-state index in [-0.39, 0.29) is 5.78 Å². The number of nitrogens with zero attached hydrogens (tertiary/aromatic N) is 1. The van der Waals surface area contributed by atoms with Crippen molar-refractivity contribution in [3.05, 3.63) is 12.7 Å². The van der Waals surface area contributed by atoms with Gasteiger partial charge in [-0.2, -0.15) is 0 Å². The van der Waals surface area contributed by atoms with E-state index < -0.39 is 11.4 Å². The summed E-state index contributed by atoms with van der Waals surface area (Å²) in [5, 5.41) is 0. The predicted octanol–water partition coefficient (Wildman–Crippen LogP) is 2.19. The van der Waals surface area contributed by atoms with E-state index in [4.69, 9.17) is 4.74 Å². The first-order chi connectivity index (χ1) is 9.06. The molecule has 0 aromatic rings. The number of ether oxygens (including phenoxy) is 1. The Morgan fingerprint density at radius 2 is 1.95 bits per heavy atom. The summed E-state index contributed by atoms with van der Waals surface area (Å²) in [4.78, 5) is 26.5. The number of likely N-dealkylation sites (tertiary alicyclic amines) is 1. The molecule has 0 spiro atoms. The Morgan fingerprint density at radius 1 is 1.32 bits per heavy atom. The van der Waals surface area contributed by atoms with Crippen molar-refractivity contribution < 1.29 is 14.3 Å². The zero-order valence-electron chi connectivity index (χ0n) is 12.1. The Morgan fingerprint density at radius 3 is 2.42 bits per heavy atom. The van der Waals surface area contributed by atoms with E-state index >= 15 is 0 Å². The zero-order chi connectivity index (χ0) is 14.3. The Kier molecular flexibility index (Phi) is 6.22. The smallest absolute Gasteiger partial charge is 0.321 e. The Bertz CT molecular complexity index is 334. The van der Waals surface area contributed by atoms with E-state index in [0.717, 1.165) is 25.9 Å². The lowest BCUT2D eigenvalue weighted by Gasteiger charge is -2.35. The first kappa shape index (κ1) is 15.9. The fourth-order valence-corrected chi connectivity index (χ4v) is 2.63. The highest BCUT2D eigenvalue weighted by atomic mass is 16.5. The maximum absolute atomic E-state index is 12.3. The lowest BCUT2D eigenvalue weighted by Crippen LogP contribution is -2.49. The van der Waals surface area contributed by atoms with E-state index in [1.807, 2.05) is 0 Å². The highest BCUT2D eigenvalue weighted by molar-refractivity contribution is 6.03. The molecule has 19 heavy (non-hydrogen) atoms. The molecule has 0 saturated carbocycles. The van der Waals surface area contributed by atoms with Gasteiger partial charge in [-0.15, -0.1) is 6.58 Å². The number of esters is 1. The summed E-state index contributed by atoms with van der Waals surface area (Å²) in [6.07, 6.45) is 5.47. The second-order valence-electron chi connectivity index (χ2n) is 5.19. The predicted molar refractivity (Wildman–Crippen MR) is 74.9 cm³/mol. The number of carbonyl (C=O) groups is 2. The number of piperidine rings is 1. The monoisotopic (exact) mass is 267 g/mol. The lowest BCUT2D eigenvalue weighted by molar-refractivity contribution is -0.161. The van der Waals surface area contributed by atoms with Crippen LogP contribution in [-0.4, -0.2) is 42.9 Å². The van der Waals surface area contributed by atoms with Crippen molar-refractivity contribution in [3.63, 3.8) is 0 Å². The Hall–Kier alpha value is -1.16. The molecule has 0 bridgehead atoms. The highest BCUT2D eigenvalue weighted by Crippen LogP contribution is 2.29. The second kappa shape index (κ2) is 7.43. The number of carbonyl (C=O) groups excluding carboxylic acids is 2. The topological polar surface area (TPSA) is 46.6 Å². The Balaban J connectivity index is 2.90. The molecule has 1 heterocycles. The van der Waals surface area contributed by atoms with Gasteiger partial charge in [0.25, 0.3) is 0 Å². The van der Waals surface area contributed by atoms with Crippen LogP contribution in [-0.2, 0) is 14.3 Å². The third kappa shape index (κ3) is 3.90. The largest absolute Gasteiger partial charge is 0.465 e. The molecule has 0 aliphatic carbocycles. The fraction of sp³-hybridized carbons (Fsp3) is 0.733. The average Bonchev–Trinajstić information content (AvgIpc) is 2.39. The van der Waals surface area contributed by atoms with Crippen molar-refractivity contribution in [2.45, 2.75) is 39.5 Å². The van der Waals surface area contributed by atoms with Crippen LogP contribution in [0.3, 0.4) is 0 Å². The van der Waals surface area contributed by atoms with Gasteiger partial charge in [0.1, 0.15) is 11.2 Å². The number of hydrogen-bond donors (Lipinski definition) is 0. The maximum Gasteiger partial charge on any atom is 0.321 e. The van der Waals surface area contributed by atoms with Gasteiger partial charge < -0.3 is 9.64 Å². The third-order valence-electron chi connectivity index (χ3n) is 3.78. The minimum absolute atomic E-state index is 0.128. The first-order valence-corrected chi connectivity index (χ1v) is 7.08. The van der Waals surface area contributed by atoms with Crippen LogP contribution in [0.1, 0.15) is 39.5 Å². The molecule has 0 aromatic carbocycles. The molecule has 1 rings (SSSR count). The van der Waals surface area contributed by atoms with Gasteiger partial charge in [-0.25, -0.2) is 0 Å². The molecular formula is C15H25NO3. The van der Waals surface area contributed by atoms with Crippen LogP contribution < -0.4 is 0 Å². The van der Waals surface area contributed by atoms with Crippen molar-refractivity contribution in [1.29, 1.82) is 0 Å². The average molecular weight is 267 g/mol. The molecule has 0 amide bonds. The van der Waals surface area contributed by atoms with Crippen LogP contribution in [0.25, 0.3) is 0 Å². The molecule has 4 nitrogen and oxygen atoms in total. The summed E-state index contributed by atoms with van der Waals surface area (Å²) in [5.74, 6) is -0.538. The minimum Gasteiger partial charge on any atom is -0.465 e. The van der Waals surface area contributed by atoms with Gasteiger partial charge in [0.05, 0.1) is 6.61 Å². The van der Waals surface area contributed by atoms with Gasteiger partial charge in [-0.1, -0.05) is 12.5 Å². The van der Waals surface area contributed by atoms with E-state index in [1.165, 1.54) is 13.3 Å². The molecular weight excluding hydrogens is 242 g/mol. The molecule has 0 radical (unpaired) electrons. The lowest BCUT2D eigenvalue weighted by atomic mass is 9.79. The van der Waals surface area contributed by atoms with Crippen LogP contribution >= 0.6 is 0 Å². The fourth-order valence-electron chi connectivity index (χ4n) is 2.63. The summed E-state index contributed by atoms with van der Waals surface area (Å²) in [6.45, 7) is 9.57. The quantitative estimate of drug-likeness (QED) is 0.403. The van der Waals surface area contributed by atoms with E-state index in [0.29, 0.717) is 19.6 Å². The number of Topliss-reactive ketones (excluding diaryl/α,β-unsaturated/α-hetero) is 1. The maximum atomic E-state index is 12.3.